The third-order valence-corrected chi connectivity index (χ3v) is 7.65. The topological polar surface area (TPSA) is 300 Å². The number of carboxylic acid groups (broad SMARTS) is 4. The lowest BCUT2D eigenvalue weighted by Crippen LogP contribution is -2.58. The number of esters is 2. The summed E-state index contributed by atoms with van der Waals surface area (Å²) in [6.45, 7) is 0. The van der Waals surface area contributed by atoms with Crippen LogP contribution in [-0.4, -0.2) is 106 Å². The maximum absolute atomic E-state index is 13.3. The van der Waals surface area contributed by atoms with E-state index in [9.17, 15) is 74.4 Å². The summed E-state index contributed by atoms with van der Waals surface area (Å²) in [5, 5.41) is 78.7. The Morgan fingerprint density at radius 3 is 1.70 bits per heavy atom. The number of aromatic carboxylic acids is 3. The molecule has 0 aliphatic heterocycles. The van der Waals surface area contributed by atoms with E-state index in [0.717, 1.165) is 60.7 Å². The van der Waals surface area contributed by atoms with Crippen molar-refractivity contribution in [3.8, 4) is 11.5 Å². The molecule has 0 aromatic heterocycles. The summed E-state index contributed by atoms with van der Waals surface area (Å²) in [6.07, 6.45) is -5.52. The Bertz CT molecular complexity index is 1960. The Balaban J connectivity index is 1.61. The summed E-state index contributed by atoms with van der Waals surface area (Å²) in [7, 11) is 0. The van der Waals surface area contributed by atoms with Crippen LogP contribution in [0, 0.1) is 0 Å². The fraction of sp³-hybridized carbons (Fsp3) is 0.182. The lowest BCUT2D eigenvalue weighted by atomic mass is 9.79. The number of aromatic hydroxyl groups is 2. The van der Waals surface area contributed by atoms with Gasteiger partial charge in [-0.3, -0.25) is 4.79 Å². The number of phenols is 2. The number of aliphatic hydroxyl groups is 2. The number of aliphatic hydroxyl groups excluding tert-OH is 1. The first-order valence-corrected chi connectivity index (χ1v) is 14.2. The van der Waals surface area contributed by atoms with Gasteiger partial charge < -0.3 is 50.3 Å². The number of carbonyl (C=O) groups excluding carboxylic acids is 3. The van der Waals surface area contributed by atoms with E-state index in [1.54, 1.807) is 0 Å². The van der Waals surface area contributed by atoms with E-state index in [-0.39, 0.29) is 16.7 Å². The normalized spacial score (nSPS) is 20.1. The number of rotatable bonds is 11. The third-order valence-electron chi connectivity index (χ3n) is 7.65. The van der Waals surface area contributed by atoms with E-state index >= 15 is 0 Å². The monoisotopic (exact) mass is 694 g/mol. The van der Waals surface area contributed by atoms with Crippen LogP contribution in [0.2, 0.25) is 0 Å². The van der Waals surface area contributed by atoms with Gasteiger partial charge in [-0.15, -0.1) is 0 Å². The zero-order valence-electron chi connectivity index (χ0n) is 25.2. The van der Waals surface area contributed by atoms with E-state index in [1.807, 2.05) is 0 Å². The quantitative estimate of drug-likeness (QED) is 0.0611. The van der Waals surface area contributed by atoms with Gasteiger partial charge in [0.15, 0.2) is 22.9 Å². The number of benzene rings is 3. The summed E-state index contributed by atoms with van der Waals surface area (Å²) in [5.74, 6) is -11.3. The van der Waals surface area contributed by atoms with Crippen molar-refractivity contribution in [2.24, 2.45) is 0 Å². The van der Waals surface area contributed by atoms with Crippen LogP contribution in [0.15, 0.2) is 60.7 Å². The maximum Gasteiger partial charge on any atom is 0.339 e. The first kappa shape index (κ1) is 36.2. The van der Waals surface area contributed by atoms with E-state index in [2.05, 4.69) is 0 Å². The van der Waals surface area contributed by atoms with Gasteiger partial charge in [0.05, 0.1) is 22.3 Å². The highest BCUT2D eigenvalue weighted by atomic mass is 16.6. The Morgan fingerprint density at radius 2 is 1.18 bits per heavy atom. The molecule has 1 aliphatic rings. The van der Waals surface area contributed by atoms with Crippen molar-refractivity contribution in [1.82, 2.24) is 0 Å². The molecule has 8 N–H and O–H groups in total. The summed E-state index contributed by atoms with van der Waals surface area (Å²) in [5.41, 5.74) is -6.07. The molecule has 1 saturated carbocycles. The molecule has 0 spiro atoms. The molecular weight excluding hydrogens is 668 g/mol. The number of phenolic OH excluding ortho intramolecular Hbond substituents is 2. The van der Waals surface area contributed by atoms with Crippen molar-refractivity contribution in [1.29, 1.82) is 0 Å². The van der Waals surface area contributed by atoms with Crippen molar-refractivity contribution in [2.45, 2.75) is 36.8 Å². The largest absolute Gasteiger partial charge is 0.504 e. The Hall–Kier alpha value is -6.59. The van der Waals surface area contributed by atoms with Gasteiger partial charge in [-0.05, 0) is 48.0 Å². The average Bonchev–Trinajstić information content (AvgIpc) is 3.06. The van der Waals surface area contributed by atoms with Gasteiger partial charge in [-0.25, -0.2) is 28.8 Å². The van der Waals surface area contributed by atoms with Crippen molar-refractivity contribution in [3.05, 3.63) is 99.6 Å². The van der Waals surface area contributed by atoms with Crippen LogP contribution in [0.25, 0.3) is 6.08 Å². The second kappa shape index (κ2) is 14.3. The summed E-state index contributed by atoms with van der Waals surface area (Å²) < 4.78 is 10.4. The highest BCUT2D eigenvalue weighted by Gasteiger charge is 2.52. The predicted octanol–water partition coefficient (Wildman–Crippen LogP) is 1.54. The minimum absolute atomic E-state index is 0.227. The van der Waals surface area contributed by atoms with Gasteiger partial charge in [0.1, 0.15) is 18.3 Å². The first-order valence-electron chi connectivity index (χ1n) is 14.2. The van der Waals surface area contributed by atoms with Gasteiger partial charge in [0.2, 0.25) is 0 Å². The molecule has 17 heteroatoms. The molecule has 4 unspecified atom stereocenters. The molecule has 3 aromatic carbocycles. The molecule has 4 atom stereocenters. The van der Waals surface area contributed by atoms with Crippen LogP contribution in [0.5, 0.6) is 11.5 Å². The molecule has 3 aromatic rings. The number of ketones is 1. The zero-order chi connectivity index (χ0) is 37.1. The van der Waals surface area contributed by atoms with Gasteiger partial charge in [-0.2, -0.15) is 0 Å². The molecule has 260 valence electrons. The molecule has 4 rings (SSSR count). The molecule has 17 nitrogen and oxygen atoms in total. The van der Waals surface area contributed by atoms with Crippen LogP contribution in [0.1, 0.15) is 75.8 Å². The van der Waals surface area contributed by atoms with E-state index in [1.165, 1.54) is 6.07 Å². The maximum atomic E-state index is 13.3. The third kappa shape index (κ3) is 7.75. The molecule has 0 bridgehead atoms. The Labute approximate surface area is 279 Å². The fourth-order valence-corrected chi connectivity index (χ4v) is 5.08. The Morgan fingerprint density at radius 1 is 0.660 bits per heavy atom. The number of carbonyl (C=O) groups is 7. The lowest BCUT2D eigenvalue weighted by Gasteiger charge is -2.40. The van der Waals surface area contributed by atoms with Gasteiger partial charge >= 0.3 is 35.8 Å². The number of carboxylic acids is 4. The number of hydrogen-bond donors (Lipinski definition) is 8. The molecule has 0 amide bonds. The molecule has 0 radical (unpaired) electrons. The standard InChI is InChI=1S/C33H26O17/c34-21-7-1-14(9-22(21)35)2-8-25(36)49-23-12-33(48,32(46)47)13-24(27(23)38)50-31(45)20-11-16(4-6-18(20)29(41)42)26(37)15-3-5-17(28(39)40)19(10-15)30(43)44/h1-11,23-24,27,34-35,38,48H,12-13H2,(H,39,40)(H,41,42)(H,43,44)(H,46,47)/b8-2+. The summed E-state index contributed by atoms with van der Waals surface area (Å²) in [6, 6.07) is 8.78. The number of hydrogen-bond acceptors (Lipinski definition) is 13. The smallest absolute Gasteiger partial charge is 0.339 e. The zero-order valence-corrected chi connectivity index (χ0v) is 25.2. The minimum atomic E-state index is -2.72. The fourth-order valence-electron chi connectivity index (χ4n) is 5.08. The highest BCUT2D eigenvalue weighted by Crippen LogP contribution is 2.34. The average molecular weight is 695 g/mol. The van der Waals surface area contributed by atoms with Crippen LogP contribution in [0.4, 0.5) is 0 Å². The van der Waals surface area contributed by atoms with Crippen molar-refractivity contribution >= 4 is 47.7 Å². The molecule has 0 saturated heterocycles. The second-order valence-corrected chi connectivity index (χ2v) is 11.0. The first-order chi connectivity index (χ1) is 23.4. The van der Waals surface area contributed by atoms with E-state index in [4.69, 9.17) is 9.47 Å². The number of ether oxygens (including phenoxy) is 2. The van der Waals surface area contributed by atoms with Crippen LogP contribution < -0.4 is 0 Å². The molecular formula is C33H26O17. The highest BCUT2D eigenvalue weighted by molar-refractivity contribution is 6.13. The molecule has 0 heterocycles. The van der Waals surface area contributed by atoms with Crippen molar-refractivity contribution in [3.63, 3.8) is 0 Å². The van der Waals surface area contributed by atoms with Gasteiger partial charge in [0.25, 0.3) is 0 Å². The lowest BCUT2D eigenvalue weighted by molar-refractivity contribution is -0.196. The van der Waals surface area contributed by atoms with E-state index in [0.29, 0.717) is 0 Å². The van der Waals surface area contributed by atoms with Crippen LogP contribution >= 0.6 is 0 Å². The summed E-state index contributed by atoms with van der Waals surface area (Å²) >= 11 is 0. The van der Waals surface area contributed by atoms with Crippen LogP contribution in [0.3, 0.4) is 0 Å². The molecule has 1 fully saturated rings. The number of aliphatic carboxylic acids is 1. The predicted molar refractivity (Wildman–Crippen MR) is 163 cm³/mol. The minimum Gasteiger partial charge on any atom is -0.504 e. The Kier molecular flexibility index (Phi) is 10.3. The second-order valence-electron chi connectivity index (χ2n) is 11.0. The molecule has 50 heavy (non-hydrogen) atoms. The van der Waals surface area contributed by atoms with Crippen molar-refractivity contribution < 1.29 is 83.9 Å². The SMILES string of the molecule is O=C(/C=C/c1ccc(O)c(O)c1)OC1CC(O)(C(=O)O)CC(OC(=O)c2cc(C(=O)c3ccc(C(=O)O)c(C(=O)O)c3)ccc2C(=O)O)C1O. The van der Waals surface area contributed by atoms with Crippen molar-refractivity contribution in [2.75, 3.05) is 0 Å². The van der Waals surface area contributed by atoms with E-state index < -0.39 is 112 Å². The van der Waals surface area contributed by atoms with Gasteiger partial charge in [0, 0.05) is 30.0 Å². The summed E-state index contributed by atoms with van der Waals surface area (Å²) in [4.78, 5) is 86.0. The molecule has 1 aliphatic carbocycles. The van der Waals surface area contributed by atoms with Crippen LogP contribution in [-0.2, 0) is 19.1 Å². The van der Waals surface area contributed by atoms with Gasteiger partial charge in [-0.1, -0.05) is 18.2 Å².